The van der Waals surface area contributed by atoms with E-state index in [4.69, 9.17) is 16.7 Å². The van der Waals surface area contributed by atoms with Gasteiger partial charge in [-0.2, -0.15) is 0 Å². The molecule has 2 N–H and O–H groups in total. The molecule has 0 saturated carbocycles. The molecule has 86 valence electrons. The molecule has 0 atom stereocenters. The van der Waals surface area contributed by atoms with Gasteiger partial charge in [0, 0.05) is 13.7 Å². The molecule has 0 aliphatic heterocycles. The molecule has 0 spiro atoms. The number of nitrogens with zero attached hydrogens (tertiary/aromatic N) is 2. The highest BCUT2D eigenvalue weighted by Crippen LogP contribution is 2.08. The van der Waals surface area contributed by atoms with Crippen LogP contribution in [0, 0.1) is 0 Å². The zero-order chi connectivity index (χ0) is 11.1. The monoisotopic (exact) mass is 231 g/mol. The molecule has 5 heteroatoms. The van der Waals surface area contributed by atoms with E-state index in [0.29, 0.717) is 5.15 Å². The highest BCUT2D eigenvalue weighted by atomic mass is 35.5. The molecule has 0 fully saturated rings. The fourth-order valence-corrected chi connectivity index (χ4v) is 1.47. The summed E-state index contributed by atoms with van der Waals surface area (Å²) in [4.78, 5) is 4.18. The maximum Gasteiger partial charge on any atom is 0.128 e. The lowest BCUT2D eigenvalue weighted by molar-refractivity contribution is 0.283. The van der Waals surface area contributed by atoms with Crippen molar-refractivity contribution in [2.24, 2.45) is 7.05 Å². The summed E-state index contributed by atoms with van der Waals surface area (Å²) in [5.74, 6) is 0.946. The third kappa shape index (κ3) is 4.20. The Kier molecular flexibility index (Phi) is 5.68. The lowest BCUT2D eigenvalue weighted by atomic mass is 10.2. The van der Waals surface area contributed by atoms with Crippen LogP contribution < -0.4 is 5.32 Å². The lowest BCUT2D eigenvalue weighted by Gasteiger charge is -2.04. The minimum atomic E-state index is 0.287. The minimum absolute atomic E-state index is 0.287. The van der Waals surface area contributed by atoms with Gasteiger partial charge in [0.1, 0.15) is 11.0 Å². The van der Waals surface area contributed by atoms with Crippen LogP contribution in [0.5, 0.6) is 0 Å². The average Bonchev–Trinajstić information content (AvgIpc) is 2.54. The summed E-state index contributed by atoms with van der Waals surface area (Å²) in [7, 11) is 1.90. The van der Waals surface area contributed by atoms with Gasteiger partial charge in [-0.3, -0.25) is 0 Å². The van der Waals surface area contributed by atoms with E-state index in [2.05, 4.69) is 10.3 Å². The highest BCUT2D eigenvalue weighted by Gasteiger charge is 2.02. The van der Waals surface area contributed by atoms with Crippen molar-refractivity contribution in [1.29, 1.82) is 0 Å². The van der Waals surface area contributed by atoms with Crippen molar-refractivity contribution in [2.75, 3.05) is 13.2 Å². The highest BCUT2D eigenvalue weighted by molar-refractivity contribution is 6.29. The quantitative estimate of drug-likeness (QED) is 0.696. The van der Waals surface area contributed by atoms with Gasteiger partial charge in [0.25, 0.3) is 0 Å². The van der Waals surface area contributed by atoms with Gasteiger partial charge in [-0.1, -0.05) is 11.6 Å². The van der Waals surface area contributed by atoms with E-state index in [9.17, 15) is 0 Å². The molecule has 0 unspecified atom stereocenters. The Labute approximate surface area is 95.3 Å². The van der Waals surface area contributed by atoms with Crippen molar-refractivity contribution in [2.45, 2.75) is 25.8 Å². The topological polar surface area (TPSA) is 50.1 Å². The van der Waals surface area contributed by atoms with Crippen LogP contribution in [-0.4, -0.2) is 27.8 Å². The molecule has 1 aromatic heterocycles. The molecule has 0 amide bonds. The van der Waals surface area contributed by atoms with Crippen LogP contribution in [-0.2, 0) is 13.6 Å². The molecule has 15 heavy (non-hydrogen) atoms. The number of aliphatic hydroxyl groups is 1. The molecule has 1 rings (SSSR count). The Hall–Kier alpha value is -0.580. The maximum absolute atomic E-state index is 8.59. The first-order valence-electron chi connectivity index (χ1n) is 5.23. The molecule has 1 heterocycles. The number of aliphatic hydroxyl groups excluding tert-OH is 1. The molecule has 0 aliphatic rings. The fraction of sp³-hybridized carbons (Fsp3) is 0.700. The number of unbranched alkanes of at least 4 members (excludes halogenated alkanes) is 2. The van der Waals surface area contributed by atoms with E-state index in [0.717, 1.165) is 38.2 Å². The first kappa shape index (κ1) is 12.5. The van der Waals surface area contributed by atoms with Gasteiger partial charge in [-0.15, -0.1) is 0 Å². The zero-order valence-corrected chi connectivity index (χ0v) is 9.80. The van der Waals surface area contributed by atoms with Crippen LogP contribution >= 0.6 is 11.6 Å². The van der Waals surface area contributed by atoms with Crippen molar-refractivity contribution in [3.8, 4) is 0 Å². The second-order valence-corrected chi connectivity index (χ2v) is 3.90. The second-order valence-electron chi connectivity index (χ2n) is 3.52. The molecule has 0 aromatic carbocycles. The normalized spacial score (nSPS) is 10.9. The summed E-state index contributed by atoms with van der Waals surface area (Å²) >= 11 is 5.86. The van der Waals surface area contributed by atoms with Gasteiger partial charge in [0.15, 0.2) is 0 Å². The summed E-state index contributed by atoms with van der Waals surface area (Å²) in [5.41, 5.74) is 0. The van der Waals surface area contributed by atoms with E-state index in [1.54, 1.807) is 6.20 Å². The number of imidazole rings is 1. The molecular weight excluding hydrogens is 214 g/mol. The summed E-state index contributed by atoms with van der Waals surface area (Å²) < 4.78 is 1.86. The Morgan fingerprint density at radius 2 is 2.27 bits per heavy atom. The number of aromatic nitrogens is 2. The lowest BCUT2D eigenvalue weighted by Crippen LogP contribution is -2.17. The van der Waals surface area contributed by atoms with Crippen molar-refractivity contribution in [3.05, 3.63) is 17.2 Å². The molecule has 4 nitrogen and oxygen atoms in total. The van der Waals surface area contributed by atoms with Gasteiger partial charge in [0.05, 0.1) is 12.7 Å². The SMILES string of the molecule is Cn1c(Cl)cnc1CNCCCCCO. The maximum atomic E-state index is 8.59. The van der Waals surface area contributed by atoms with Crippen molar-refractivity contribution in [3.63, 3.8) is 0 Å². The number of hydrogen-bond donors (Lipinski definition) is 2. The average molecular weight is 232 g/mol. The van der Waals surface area contributed by atoms with Crippen molar-refractivity contribution >= 4 is 11.6 Å². The first-order chi connectivity index (χ1) is 7.25. The predicted octanol–water partition coefficient (Wildman–Crippen LogP) is 1.33. The largest absolute Gasteiger partial charge is 0.396 e. The van der Waals surface area contributed by atoms with Crippen LogP contribution in [0.2, 0.25) is 5.15 Å². The third-order valence-corrected chi connectivity index (χ3v) is 2.67. The Morgan fingerprint density at radius 1 is 1.47 bits per heavy atom. The first-order valence-corrected chi connectivity index (χ1v) is 5.61. The summed E-state index contributed by atoms with van der Waals surface area (Å²) in [6.07, 6.45) is 4.68. The van der Waals surface area contributed by atoms with Crippen LogP contribution in [0.15, 0.2) is 6.20 Å². The van der Waals surface area contributed by atoms with Crippen LogP contribution in [0.25, 0.3) is 0 Å². The van der Waals surface area contributed by atoms with E-state index in [-0.39, 0.29) is 6.61 Å². The number of hydrogen-bond acceptors (Lipinski definition) is 3. The second kappa shape index (κ2) is 6.82. The standard InChI is InChI=1S/C10H18ClN3O/c1-14-9(11)7-13-10(14)8-12-5-3-2-4-6-15/h7,12,15H,2-6,8H2,1H3. The van der Waals surface area contributed by atoms with Gasteiger partial charge in [-0.25, -0.2) is 4.98 Å². The summed E-state index contributed by atoms with van der Waals surface area (Å²) in [6.45, 7) is 1.97. The molecule has 0 radical (unpaired) electrons. The Morgan fingerprint density at radius 3 is 2.87 bits per heavy atom. The Balaban J connectivity index is 2.12. The number of rotatable bonds is 7. The minimum Gasteiger partial charge on any atom is -0.396 e. The number of nitrogens with one attached hydrogen (secondary N) is 1. The fourth-order valence-electron chi connectivity index (χ4n) is 1.33. The van der Waals surface area contributed by atoms with Crippen LogP contribution in [0.1, 0.15) is 25.1 Å². The van der Waals surface area contributed by atoms with Crippen LogP contribution in [0.3, 0.4) is 0 Å². The van der Waals surface area contributed by atoms with E-state index >= 15 is 0 Å². The zero-order valence-electron chi connectivity index (χ0n) is 9.04. The molecule has 0 bridgehead atoms. The van der Waals surface area contributed by atoms with Gasteiger partial charge >= 0.3 is 0 Å². The Bertz CT molecular complexity index is 288. The molecule has 0 saturated heterocycles. The van der Waals surface area contributed by atoms with E-state index in [1.807, 2.05) is 11.6 Å². The van der Waals surface area contributed by atoms with Crippen LogP contribution in [0.4, 0.5) is 0 Å². The van der Waals surface area contributed by atoms with Gasteiger partial charge in [0.2, 0.25) is 0 Å². The van der Waals surface area contributed by atoms with Gasteiger partial charge < -0.3 is 15.0 Å². The predicted molar refractivity (Wildman–Crippen MR) is 60.9 cm³/mol. The van der Waals surface area contributed by atoms with Gasteiger partial charge in [-0.05, 0) is 25.8 Å². The summed E-state index contributed by atoms with van der Waals surface area (Å²) in [6, 6.07) is 0. The van der Waals surface area contributed by atoms with E-state index < -0.39 is 0 Å². The molecule has 1 aromatic rings. The van der Waals surface area contributed by atoms with Crippen molar-refractivity contribution in [1.82, 2.24) is 14.9 Å². The third-order valence-electron chi connectivity index (χ3n) is 2.32. The smallest absolute Gasteiger partial charge is 0.128 e. The van der Waals surface area contributed by atoms with E-state index in [1.165, 1.54) is 0 Å². The molecule has 0 aliphatic carbocycles. The molecular formula is C10H18ClN3O. The summed E-state index contributed by atoms with van der Waals surface area (Å²) in [5, 5.41) is 12.5. The number of halogens is 1. The van der Waals surface area contributed by atoms with Crippen molar-refractivity contribution < 1.29 is 5.11 Å².